The van der Waals surface area contributed by atoms with E-state index in [0.717, 1.165) is 18.4 Å². The van der Waals surface area contributed by atoms with Gasteiger partial charge in [-0.1, -0.05) is 30.7 Å². The summed E-state index contributed by atoms with van der Waals surface area (Å²) in [6, 6.07) is 15.0. The van der Waals surface area contributed by atoms with Crippen LogP contribution in [0.5, 0.6) is 11.5 Å². The van der Waals surface area contributed by atoms with Crippen LogP contribution in [0.2, 0.25) is 0 Å². The highest BCUT2D eigenvalue weighted by Crippen LogP contribution is 2.32. The Balaban J connectivity index is 1.23. The van der Waals surface area contributed by atoms with Crippen molar-refractivity contribution in [1.29, 1.82) is 0 Å². The van der Waals surface area contributed by atoms with Gasteiger partial charge in [0.2, 0.25) is 0 Å². The number of para-hydroxylation sites is 1. The van der Waals surface area contributed by atoms with Crippen molar-refractivity contribution >= 4 is 16.9 Å². The van der Waals surface area contributed by atoms with Gasteiger partial charge >= 0.3 is 5.63 Å². The Morgan fingerprint density at radius 2 is 1.87 bits per heavy atom. The van der Waals surface area contributed by atoms with Gasteiger partial charge in [0, 0.05) is 31.6 Å². The van der Waals surface area contributed by atoms with Crippen LogP contribution in [0.25, 0.3) is 22.1 Å². The summed E-state index contributed by atoms with van der Waals surface area (Å²) in [4.78, 5) is 30.5. The number of hydrogen-bond acceptors (Lipinski definition) is 7. The summed E-state index contributed by atoms with van der Waals surface area (Å²) in [6.45, 7) is 4.13. The smallest absolute Gasteiger partial charge is 0.344 e. The van der Waals surface area contributed by atoms with Gasteiger partial charge in [-0.15, -0.1) is 0 Å². The van der Waals surface area contributed by atoms with Crippen LogP contribution < -0.4 is 15.1 Å². The average Bonchev–Trinajstić information content (AvgIpc) is 2.97. The van der Waals surface area contributed by atoms with Gasteiger partial charge < -0.3 is 28.4 Å². The lowest BCUT2D eigenvalue weighted by atomic mass is 9.83. The van der Waals surface area contributed by atoms with Gasteiger partial charge in [0.1, 0.15) is 5.75 Å². The highest BCUT2D eigenvalue weighted by Gasteiger charge is 2.34. The van der Waals surface area contributed by atoms with Gasteiger partial charge in [0.15, 0.2) is 17.9 Å². The molecule has 0 bridgehead atoms. The number of hydrogen-bond donors (Lipinski definition) is 0. The molecule has 2 aliphatic heterocycles. The van der Waals surface area contributed by atoms with Crippen LogP contribution in [0, 0.1) is 5.92 Å². The van der Waals surface area contributed by atoms with Gasteiger partial charge in [-0.25, -0.2) is 4.79 Å². The predicted molar refractivity (Wildman–Crippen MR) is 150 cm³/mol. The van der Waals surface area contributed by atoms with E-state index in [4.69, 9.17) is 18.6 Å². The summed E-state index contributed by atoms with van der Waals surface area (Å²) in [5.74, 6) is 1.55. The van der Waals surface area contributed by atoms with Crippen LogP contribution in [0.4, 0.5) is 0 Å². The minimum Gasteiger partial charge on any atom is -0.493 e. The lowest BCUT2D eigenvalue weighted by molar-refractivity contribution is -0.135. The van der Waals surface area contributed by atoms with E-state index in [0.29, 0.717) is 53.3 Å². The SMILES string of the molecule is COCCN(C[C@@H]1CCCN2CCCC[C@H]12)C(=O)COc1ccc(-c2cc3cccc(OC)c3oc2=O)cc1. The molecule has 208 valence electrons. The minimum atomic E-state index is -0.441. The van der Waals surface area contributed by atoms with Crippen LogP contribution in [-0.2, 0) is 9.53 Å². The first-order valence-corrected chi connectivity index (χ1v) is 13.9. The summed E-state index contributed by atoms with van der Waals surface area (Å²) in [6.07, 6.45) is 6.14. The van der Waals surface area contributed by atoms with Crippen LogP contribution in [0.1, 0.15) is 32.1 Å². The van der Waals surface area contributed by atoms with Crippen LogP contribution >= 0.6 is 0 Å². The normalized spacial score (nSPS) is 19.4. The number of methoxy groups -OCH3 is 2. The second-order valence-corrected chi connectivity index (χ2v) is 10.5. The Kier molecular flexibility index (Phi) is 8.84. The molecule has 39 heavy (non-hydrogen) atoms. The van der Waals surface area contributed by atoms with Crippen molar-refractivity contribution in [2.24, 2.45) is 5.92 Å². The van der Waals surface area contributed by atoms with E-state index >= 15 is 0 Å². The molecule has 0 N–H and O–H groups in total. The summed E-state index contributed by atoms with van der Waals surface area (Å²) < 4.78 is 22.0. The molecule has 0 spiro atoms. The lowest BCUT2D eigenvalue weighted by Gasteiger charge is -2.45. The molecule has 5 rings (SSSR count). The van der Waals surface area contributed by atoms with Crippen molar-refractivity contribution in [3.05, 3.63) is 59.0 Å². The van der Waals surface area contributed by atoms with E-state index in [9.17, 15) is 9.59 Å². The van der Waals surface area contributed by atoms with Gasteiger partial charge in [0.05, 0.1) is 19.3 Å². The molecule has 2 fully saturated rings. The quantitative estimate of drug-likeness (QED) is 0.352. The Morgan fingerprint density at radius 3 is 2.67 bits per heavy atom. The van der Waals surface area contributed by atoms with Gasteiger partial charge in [0.25, 0.3) is 5.91 Å². The fourth-order valence-electron chi connectivity index (χ4n) is 6.04. The fourth-order valence-corrected chi connectivity index (χ4v) is 6.04. The van der Waals surface area contributed by atoms with E-state index in [1.807, 2.05) is 17.0 Å². The highest BCUT2D eigenvalue weighted by molar-refractivity contribution is 5.86. The molecule has 3 heterocycles. The van der Waals surface area contributed by atoms with Crippen molar-refractivity contribution in [3.8, 4) is 22.6 Å². The number of amides is 1. The third-order valence-corrected chi connectivity index (χ3v) is 8.07. The zero-order valence-corrected chi connectivity index (χ0v) is 22.9. The first-order chi connectivity index (χ1) is 19.1. The zero-order valence-electron chi connectivity index (χ0n) is 22.9. The topological polar surface area (TPSA) is 81.5 Å². The van der Waals surface area contributed by atoms with Crippen molar-refractivity contribution in [2.75, 3.05) is 53.6 Å². The third kappa shape index (κ3) is 6.28. The number of benzene rings is 2. The molecule has 1 aromatic heterocycles. The molecule has 8 nitrogen and oxygen atoms in total. The number of carbonyl (C=O) groups excluding carboxylic acids is 1. The maximum absolute atomic E-state index is 13.2. The van der Waals surface area contributed by atoms with Crippen LogP contribution in [0.3, 0.4) is 0 Å². The summed E-state index contributed by atoms with van der Waals surface area (Å²) in [5, 5.41) is 0.778. The van der Waals surface area contributed by atoms with Gasteiger partial charge in [-0.3, -0.25) is 4.79 Å². The lowest BCUT2D eigenvalue weighted by Crippen LogP contribution is -2.52. The van der Waals surface area contributed by atoms with E-state index in [1.54, 1.807) is 50.6 Å². The molecule has 2 aromatic carbocycles. The number of piperidine rings is 2. The molecule has 2 atom stereocenters. The molecule has 0 saturated carbocycles. The monoisotopic (exact) mass is 534 g/mol. The number of carbonyl (C=O) groups is 1. The minimum absolute atomic E-state index is 0.0341. The summed E-state index contributed by atoms with van der Waals surface area (Å²) in [5.41, 5.74) is 1.15. The average molecular weight is 535 g/mol. The van der Waals surface area contributed by atoms with Crippen LogP contribution in [0.15, 0.2) is 57.7 Å². The Hall–Kier alpha value is -3.36. The molecular weight excluding hydrogens is 496 g/mol. The number of fused-ring (bicyclic) bond motifs is 2. The molecule has 0 aliphatic carbocycles. The first kappa shape index (κ1) is 27.2. The van der Waals surface area contributed by atoms with Crippen molar-refractivity contribution in [3.63, 3.8) is 0 Å². The number of rotatable bonds is 10. The maximum atomic E-state index is 13.2. The molecular formula is C31H38N2O6. The second kappa shape index (κ2) is 12.7. The molecule has 2 saturated heterocycles. The molecule has 0 unspecified atom stereocenters. The number of nitrogens with zero attached hydrogens (tertiary/aromatic N) is 2. The van der Waals surface area contributed by atoms with E-state index in [1.165, 1.54) is 38.8 Å². The van der Waals surface area contributed by atoms with Crippen LogP contribution in [-0.4, -0.2) is 75.4 Å². The molecule has 8 heteroatoms. The Bertz CT molecular complexity index is 1320. The Morgan fingerprint density at radius 1 is 1.05 bits per heavy atom. The molecule has 1 amide bonds. The largest absolute Gasteiger partial charge is 0.493 e. The van der Waals surface area contributed by atoms with Gasteiger partial charge in [-0.2, -0.15) is 0 Å². The number of ether oxygens (including phenoxy) is 3. The Labute approximate surface area is 229 Å². The van der Waals surface area contributed by atoms with E-state index in [2.05, 4.69) is 4.90 Å². The van der Waals surface area contributed by atoms with E-state index in [-0.39, 0.29) is 12.5 Å². The fraction of sp³-hybridized carbons (Fsp3) is 0.484. The standard InChI is InChI=1S/C31H38N2O6/c1-36-18-17-33(20-24-8-6-16-32-15-4-3-9-27(24)32)29(34)21-38-25-13-11-22(12-14-25)26-19-23-7-5-10-28(37-2)30(23)39-31(26)35/h5,7,10-14,19,24,27H,3-4,6,8-9,15-18,20-21H2,1-2H3/t24-,27+/m0/s1. The molecule has 3 aromatic rings. The van der Waals surface area contributed by atoms with Crippen molar-refractivity contribution < 1.29 is 23.4 Å². The predicted octanol–water partition coefficient (Wildman–Crippen LogP) is 4.59. The second-order valence-electron chi connectivity index (χ2n) is 10.5. The maximum Gasteiger partial charge on any atom is 0.344 e. The van der Waals surface area contributed by atoms with E-state index < -0.39 is 5.63 Å². The molecule has 2 aliphatic rings. The summed E-state index contributed by atoms with van der Waals surface area (Å²) in [7, 11) is 3.21. The third-order valence-electron chi connectivity index (χ3n) is 8.07. The first-order valence-electron chi connectivity index (χ1n) is 13.9. The molecule has 0 radical (unpaired) electrons. The highest BCUT2D eigenvalue weighted by atomic mass is 16.5. The zero-order chi connectivity index (χ0) is 27.2. The van der Waals surface area contributed by atoms with Crippen molar-refractivity contribution in [1.82, 2.24) is 9.80 Å². The van der Waals surface area contributed by atoms with Crippen molar-refractivity contribution in [2.45, 2.75) is 38.1 Å². The summed E-state index contributed by atoms with van der Waals surface area (Å²) >= 11 is 0. The van der Waals surface area contributed by atoms with Gasteiger partial charge in [-0.05, 0) is 74.5 Å².